The van der Waals surface area contributed by atoms with E-state index in [1.807, 2.05) is 24.3 Å². The second-order valence-corrected chi connectivity index (χ2v) is 8.63. The molecule has 1 aromatic carbocycles. The summed E-state index contributed by atoms with van der Waals surface area (Å²) in [4.78, 5) is 68.7. The highest BCUT2D eigenvalue weighted by atomic mass is 16.5. The Kier molecular flexibility index (Phi) is 14.7. The fourth-order valence-electron chi connectivity index (χ4n) is 3.35. The SMILES string of the molecule is CC(=O)CCOCc1ccccc1CC(=O)NCCCC[C@H](NC(=O)N[C@@H](CCC(=O)O)C(=O)O)C(=O)O. The number of carboxylic acid groups (broad SMARTS) is 3. The number of urea groups is 1. The van der Waals surface area contributed by atoms with Gasteiger partial charge in [-0.05, 0) is 43.7 Å². The van der Waals surface area contributed by atoms with Crippen LogP contribution in [0.2, 0.25) is 0 Å². The highest BCUT2D eigenvalue weighted by Gasteiger charge is 2.24. The van der Waals surface area contributed by atoms with Crippen LogP contribution in [-0.2, 0) is 41.7 Å². The third kappa shape index (κ3) is 13.9. The Labute approximate surface area is 219 Å². The van der Waals surface area contributed by atoms with Gasteiger partial charge >= 0.3 is 23.9 Å². The van der Waals surface area contributed by atoms with Crippen molar-refractivity contribution in [3.63, 3.8) is 0 Å². The molecule has 13 nitrogen and oxygen atoms in total. The molecule has 0 aliphatic carbocycles. The molecule has 2 atom stereocenters. The molecule has 0 heterocycles. The Morgan fingerprint density at radius 3 is 2.03 bits per heavy atom. The molecule has 210 valence electrons. The number of unbranched alkanes of at least 4 members (excludes halogenated alkanes) is 1. The van der Waals surface area contributed by atoms with Crippen molar-refractivity contribution in [2.75, 3.05) is 13.2 Å². The highest BCUT2D eigenvalue weighted by Crippen LogP contribution is 2.11. The maximum absolute atomic E-state index is 12.3. The van der Waals surface area contributed by atoms with Gasteiger partial charge in [0.2, 0.25) is 5.91 Å². The van der Waals surface area contributed by atoms with Crippen molar-refractivity contribution in [2.45, 2.75) is 70.6 Å². The van der Waals surface area contributed by atoms with E-state index in [-0.39, 0.29) is 44.1 Å². The van der Waals surface area contributed by atoms with Crippen LogP contribution in [0, 0.1) is 0 Å². The van der Waals surface area contributed by atoms with Gasteiger partial charge in [-0.1, -0.05) is 24.3 Å². The van der Waals surface area contributed by atoms with Crippen LogP contribution in [0.5, 0.6) is 0 Å². The van der Waals surface area contributed by atoms with Crippen LogP contribution in [-0.4, -0.2) is 76.2 Å². The first-order chi connectivity index (χ1) is 18.0. The number of aliphatic carboxylic acids is 3. The lowest BCUT2D eigenvalue weighted by Crippen LogP contribution is -2.51. The summed E-state index contributed by atoms with van der Waals surface area (Å²) in [6, 6.07) is 3.48. The number of carboxylic acids is 3. The molecule has 1 aromatic rings. The Hall–Kier alpha value is -4.00. The minimum Gasteiger partial charge on any atom is -0.481 e. The largest absolute Gasteiger partial charge is 0.481 e. The van der Waals surface area contributed by atoms with E-state index in [1.165, 1.54) is 6.92 Å². The molecule has 0 radical (unpaired) electrons. The molecule has 0 unspecified atom stereocenters. The maximum atomic E-state index is 12.3. The van der Waals surface area contributed by atoms with E-state index >= 15 is 0 Å². The number of ketones is 1. The molecule has 1 rings (SSSR count). The molecule has 38 heavy (non-hydrogen) atoms. The summed E-state index contributed by atoms with van der Waals surface area (Å²) < 4.78 is 5.50. The summed E-state index contributed by atoms with van der Waals surface area (Å²) in [5, 5.41) is 34.1. The third-order valence-electron chi connectivity index (χ3n) is 5.42. The minimum atomic E-state index is -1.48. The first-order valence-electron chi connectivity index (χ1n) is 12.1. The number of rotatable bonds is 19. The third-order valence-corrected chi connectivity index (χ3v) is 5.42. The lowest BCUT2D eigenvalue weighted by atomic mass is 10.0. The predicted octanol–water partition coefficient (Wildman–Crippen LogP) is 1.08. The summed E-state index contributed by atoms with van der Waals surface area (Å²) >= 11 is 0. The zero-order valence-electron chi connectivity index (χ0n) is 21.2. The number of amides is 3. The number of ether oxygens (including phenoxy) is 1. The molecule has 3 amide bonds. The normalized spacial score (nSPS) is 12.1. The van der Waals surface area contributed by atoms with E-state index in [0.717, 1.165) is 11.1 Å². The Balaban J connectivity index is 2.42. The van der Waals surface area contributed by atoms with Gasteiger partial charge in [-0.25, -0.2) is 14.4 Å². The van der Waals surface area contributed by atoms with Gasteiger partial charge in [-0.3, -0.25) is 14.4 Å². The topological polar surface area (TPSA) is 208 Å². The minimum absolute atomic E-state index is 0.0335. The van der Waals surface area contributed by atoms with E-state index in [4.69, 9.17) is 14.9 Å². The van der Waals surface area contributed by atoms with Gasteiger partial charge in [-0.2, -0.15) is 0 Å². The van der Waals surface area contributed by atoms with Crippen LogP contribution in [0.25, 0.3) is 0 Å². The second-order valence-electron chi connectivity index (χ2n) is 8.63. The summed E-state index contributed by atoms with van der Waals surface area (Å²) in [6.45, 7) is 2.35. The molecule has 0 aliphatic rings. The van der Waals surface area contributed by atoms with Gasteiger partial charge in [0.05, 0.1) is 19.6 Å². The fourth-order valence-corrected chi connectivity index (χ4v) is 3.35. The zero-order chi connectivity index (χ0) is 28.5. The smallest absolute Gasteiger partial charge is 0.326 e. The molecular formula is C25H35N3O10. The number of carbonyl (C=O) groups is 6. The number of nitrogens with one attached hydrogen (secondary N) is 3. The van der Waals surface area contributed by atoms with E-state index in [9.17, 15) is 33.9 Å². The molecule has 0 aliphatic heterocycles. The average Bonchev–Trinajstić information content (AvgIpc) is 2.83. The van der Waals surface area contributed by atoms with Crippen molar-refractivity contribution in [3.05, 3.63) is 35.4 Å². The van der Waals surface area contributed by atoms with Crippen LogP contribution < -0.4 is 16.0 Å². The molecule has 0 saturated heterocycles. The van der Waals surface area contributed by atoms with Crippen LogP contribution >= 0.6 is 0 Å². The summed E-state index contributed by atoms with van der Waals surface area (Å²) in [5.41, 5.74) is 1.63. The average molecular weight is 538 g/mol. The maximum Gasteiger partial charge on any atom is 0.326 e. The predicted molar refractivity (Wildman–Crippen MR) is 133 cm³/mol. The van der Waals surface area contributed by atoms with E-state index < -0.39 is 42.4 Å². The van der Waals surface area contributed by atoms with Crippen molar-refractivity contribution in [1.82, 2.24) is 16.0 Å². The first kappa shape index (κ1) is 32.0. The second kappa shape index (κ2) is 17.5. The monoisotopic (exact) mass is 537 g/mol. The molecule has 0 fully saturated rings. The summed E-state index contributed by atoms with van der Waals surface area (Å²) in [5.74, 6) is -4.18. The van der Waals surface area contributed by atoms with Crippen LogP contribution in [0.1, 0.15) is 56.6 Å². The van der Waals surface area contributed by atoms with Gasteiger partial charge in [0.1, 0.15) is 17.9 Å². The Bertz CT molecular complexity index is 982. The van der Waals surface area contributed by atoms with E-state index in [1.54, 1.807) is 0 Å². The number of hydrogen-bond donors (Lipinski definition) is 6. The van der Waals surface area contributed by atoms with Gasteiger partial charge in [0.25, 0.3) is 0 Å². The van der Waals surface area contributed by atoms with Crippen LogP contribution in [0.4, 0.5) is 4.79 Å². The highest BCUT2D eigenvalue weighted by molar-refractivity contribution is 5.86. The molecule has 0 aromatic heterocycles. The number of Topliss-reactive ketones (excluding diaryl/α,β-unsaturated/α-hetero) is 1. The van der Waals surface area contributed by atoms with Crippen molar-refractivity contribution in [3.8, 4) is 0 Å². The lowest BCUT2D eigenvalue weighted by molar-refractivity contribution is -0.141. The number of carbonyl (C=O) groups excluding carboxylic acids is 3. The van der Waals surface area contributed by atoms with E-state index in [0.29, 0.717) is 25.9 Å². The number of hydrogen-bond acceptors (Lipinski definition) is 7. The lowest BCUT2D eigenvalue weighted by Gasteiger charge is -2.18. The first-order valence-corrected chi connectivity index (χ1v) is 12.1. The van der Waals surface area contributed by atoms with Crippen molar-refractivity contribution in [2.24, 2.45) is 0 Å². The molecular weight excluding hydrogens is 502 g/mol. The molecule has 0 bridgehead atoms. The molecule has 0 spiro atoms. The number of benzene rings is 1. The van der Waals surface area contributed by atoms with Crippen LogP contribution in [0.15, 0.2) is 24.3 Å². The molecule has 13 heteroatoms. The van der Waals surface area contributed by atoms with Crippen molar-refractivity contribution in [1.29, 1.82) is 0 Å². The Morgan fingerprint density at radius 2 is 1.45 bits per heavy atom. The van der Waals surface area contributed by atoms with Crippen molar-refractivity contribution >= 4 is 35.6 Å². The van der Waals surface area contributed by atoms with Gasteiger partial charge in [-0.15, -0.1) is 0 Å². The Morgan fingerprint density at radius 1 is 0.842 bits per heavy atom. The van der Waals surface area contributed by atoms with Gasteiger partial charge in [0.15, 0.2) is 0 Å². The van der Waals surface area contributed by atoms with Gasteiger partial charge < -0.3 is 36.0 Å². The van der Waals surface area contributed by atoms with Gasteiger partial charge in [0, 0.05) is 19.4 Å². The zero-order valence-corrected chi connectivity index (χ0v) is 21.2. The molecule has 0 saturated carbocycles. The summed E-state index contributed by atoms with van der Waals surface area (Å²) in [7, 11) is 0. The molecule has 6 N–H and O–H groups in total. The van der Waals surface area contributed by atoms with Crippen molar-refractivity contribution < 1.29 is 48.8 Å². The standard InChI is InChI=1S/C25H35N3O10/c1-16(29)11-13-38-15-18-7-3-2-6-17(18)14-21(30)26-12-5-4-8-19(23(33)34)27-25(37)28-20(24(35)36)9-10-22(31)32/h2-3,6-7,19-20H,4-5,8-15H2,1H3,(H,26,30)(H,31,32)(H,33,34)(H,35,36)(H2,27,28,37)/t19-,20-/m0/s1. The van der Waals surface area contributed by atoms with Crippen LogP contribution in [0.3, 0.4) is 0 Å². The quantitative estimate of drug-likeness (QED) is 0.138. The summed E-state index contributed by atoms with van der Waals surface area (Å²) in [6.07, 6.45) is 0.425. The van der Waals surface area contributed by atoms with E-state index in [2.05, 4.69) is 16.0 Å². The fraction of sp³-hybridized carbons (Fsp3) is 0.520.